The van der Waals surface area contributed by atoms with E-state index in [1.807, 2.05) is 11.3 Å². The molecule has 0 aromatic carbocycles. The van der Waals surface area contributed by atoms with E-state index in [1.165, 1.54) is 35.0 Å². The van der Waals surface area contributed by atoms with Gasteiger partial charge in [-0.25, -0.2) is 4.98 Å². The van der Waals surface area contributed by atoms with E-state index in [1.54, 1.807) is 0 Å². The van der Waals surface area contributed by atoms with Crippen LogP contribution in [0.25, 0.3) is 0 Å². The van der Waals surface area contributed by atoms with Crippen molar-refractivity contribution in [3.8, 4) is 0 Å². The maximum absolute atomic E-state index is 4.98. The van der Waals surface area contributed by atoms with Crippen LogP contribution in [0.15, 0.2) is 0 Å². The minimum atomic E-state index is 0.466. The minimum absolute atomic E-state index is 0.466. The summed E-state index contributed by atoms with van der Waals surface area (Å²) in [7, 11) is 6.43. The first-order valence-electron chi connectivity index (χ1n) is 7.68. The van der Waals surface area contributed by atoms with Crippen LogP contribution >= 0.6 is 11.3 Å². The van der Waals surface area contributed by atoms with Crippen LogP contribution in [-0.2, 0) is 6.42 Å². The van der Waals surface area contributed by atoms with Crippen LogP contribution in [0.4, 0.5) is 5.13 Å². The van der Waals surface area contributed by atoms with Crippen LogP contribution in [0.1, 0.15) is 36.4 Å². The molecule has 2 aliphatic rings. The van der Waals surface area contributed by atoms with E-state index in [9.17, 15) is 0 Å². The maximum atomic E-state index is 4.98. The van der Waals surface area contributed by atoms with Gasteiger partial charge in [0.2, 0.25) is 0 Å². The Morgan fingerprint density at radius 2 is 2.15 bits per heavy atom. The van der Waals surface area contributed by atoms with E-state index in [2.05, 4.69) is 43.2 Å². The molecule has 3 unspecified atom stereocenters. The van der Waals surface area contributed by atoms with Gasteiger partial charge in [-0.3, -0.25) is 0 Å². The average molecular weight is 294 g/mol. The van der Waals surface area contributed by atoms with Gasteiger partial charge in [-0.2, -0.15) is 0 Å². The average Bonchev–Trinajstić information content (AvgIpc) is 3.01. The molecule has 1 aliphatic carbocycles. The van der Waals surface area contributed by atoms with Crippen LogP contribution in [0.5, 0.6) is 0 Å². The highest BCUT2D eigenvalue weighted by Crippen LogP contribution is 2.38. The van der Waals surface area contributed by atoms with Crippen molar-refractivity contribution in [2.24, 2.45) is 5.92 Å². The van der Waals surface area contributed by atoms with Crippen LogP contribution in [0.2, 0.25) is 0 Å². The van der Waals surface area contributed by atoms with E-state index >= 15 is 0 Å². The Hall–Kier alpha value is -0.650. The first-order chi connectivity index (χ1) is 9.60. The van der Waals surface area contributed by atoms with Gasteiger partial charge < -0.3 is 15.1 Å². The summed E-state index contributed by atoms with van der Waals surface area (Å²) in [4.78, 5) is 11.3. The van der Waals surface area contributed by atoms with Gasteiger partial charge in [0, 0.05) is 24.0 Å². The standard InChI is InChI=1S/C15H26N4S/c1-10-8-19(9-12(10)18(3)4)15-17-14-11(16-2)6-5-7-13(14)20-15/h10-12,16H,5-9H2,1-4H3. The second-order valence-electron chi connectivity index (χ2n) is 6.45. The second kappa shape index (κ2) is 5.62. The highest BCUT2D eigenvalue weighted by Gasteiger charge is 2.34. The van der Waals surface area contributed by atoms with Gasteiger partial charge in [-0.1, -0.05) is 6.92 Å². The fraction of sp³-hybridized carbons (Fsp3) is 0.800. The topological polar surface area (TPSA) is 31.4 Å². The lowest BCUT2D eigenvalue weighted by Crippen LogP contribution is -2.34. The van der Waals surface area contributed by atoms with Gasteiger partial charge in [-0.05, 0) is 46.3 Å². The summed E-state index contributed by atoms with van der Waals surface area (Å²) in [5.74, 6) is 0.714. The predicted octanol–water partition coefficient (Wildman–Crippen LogP) is 2.13. The summed E-state index contributed by atoms with van der Waals surface area (Å²) in [6.45, 7) is 4.61. The van der Waals surface area contributed by atoms with E-state index in [4.69, 9.17) is 4.98 Å². The highest BCUT2D eigenvalue weighted by atomic mass is 32.1. The molecule has 2 heterocycles. The molecule has 1 N–H and O–H groups in total. The Morgan fingerprint density at radius 1 is 1.35 bits per heavy atom. The number of likely N-dealkylation sites (N-methyl/N-ethyl adjacent to an activating group) is 1. The molecule has 3 rings (SSSR count). The number of hydrogen-bond acceptors (Lipinski definition) is 5. The molecule has 1 saturated heterocycles. The number of rotatable bonds is 3. The summed E-state index contributed by atoms with van der Waals surface area (Å²) < 4.78 is 0. The van der Waals surface area contributed by atoms with Crippen LogP contribution < -0.4 is 10.2 Å². The molecule has 1 aliphatic heterocycles. The number of hydrogen-bond donors (Lipinski definition) is 1. The molecule has 3 atom stereocenters. The molecular formula is C15H26N4S. The van der Waals surface area contributed by atoms with Crippen molar-refractivity contribution in [1.29, 1.82) is 0 Å². The van der Waals surface area contributed by atoms with Crippen molar-refractivity contribution in [2.45, 2.75) is 38.3 Å². The Bertz CT molecular complexity index is 470. The number of nitrogens with one attached hydrogen (secondary N) is 1. The summed E-state index contributed by atoms with van der Waals surface area (Å²) in [6, 6.07) is 1.12. The SMILES string of the molecule is CNC1CCCc2sc(N3CC(C)C(N(C)C)C3)nc21. The van der Waals surface area contributed by atoms with Crippen molar-refractivity contribution in [3.05, 3.63) is 10.6 Å². The third kappa shape index (κ3) is 2.47. The zero-order valence-electron chi connectivity index (χ0n) is 13.0. The maximum Gasteiger partial charge on any atom is 0.185 e. The fourth-order valence-electron chi connectivity index (χ4n) is 3.60. The summed E-state index contributed by atoms with van der Waals surface area (Å²) in [5.41, 5.74) is 1.32. The molecule has 1 fully saturated rings. The van der Waals surface area contributed by atoms with Gasteiger partial charge in [-0.15, -0.1) is 11.3 Å². The smallest absolute Gasteiger partial charge is 0.185 e. The molecule has 0 bridgehead atoms. The minimum Gasteiger partial charge on any atom is -0.346 e. The number of nitrogens with zero attached hydrogens (tertiary/aromatic N) is 3. The number of aromatic nitrogens is 1. The Kier molecular flexibility index (Phi) is 4.02. The van der Waals surface area contributed by atoms with Crippen LogP contribution in [0, 0.1) is 5.92 Å². The van der Waals surface area contributed by atoms with E-state index < -0.39 is 0 Å². The first kappa shape index (κ1) is 14.3. The second-order valence-corrected chi connectivity index (χ2v) is 7.51. The lowest BCUT2D eigenvalue weighted by atomic mass is 9.98. The molecule has 112 valence electrons. The van der Waals surface area contributed by atoms with E-state index in [0.717, 1.165) is 13.1 Å². The van der Waals surface area contributed by atoms with Gasteiger partial charge >= 0.3 is 0 Å². The molecule has 0 radical (unpaired) electrons. The van der Waals surface area contributed by atoms with Crippen molar-refractivity contribution in [2.75, 3.05) is 39.1 Å². The molecule has 1 aromatic rings. The summed E-state index contributed by atoms with van der Waals surface area (Å²) in [6.07, 6.45) is 3.73. The van der Waals surface area contributed by atoms with Crippen molar-refractivity contribution in [1.82, 2.24) is 15.2 Å². The number of fused-ring (bicyclic) bond motifs is 1. The number of anilines is 1. The summed E-state index contributed by atoms with van der Waals surface area (Å²) in [5, 5.41) is 4.66. The Balaban J connectivity index is 1.81. The van der Waals surface area contributed by atoms with Crippen molar-refractivity contribution in [3.63, 3.8) is 0 Å². The fourth-order valence-corrected chi connectivity index (χ4v) is 4.78. The predicted molar refractivity (Wildman–Crippen MR) is 85.7 cm³/mol. The number of thiazole rings is 1. The highest BCUT2D eigenvalue weighted by molar-refractivity contribution is 7.15. The van der Waals surface area contributed by atoms with E-state index in [-0.39, 0.29) is 0 Å². The number of aryl methyl sites for hydroxylation is 1. The summed E-state index contributed by atoms with van der Waals surface area (Å²) >= 11 is 1.92. The molecule has 1 aromatic heterocycles. The van der Waals surface area contributed by atoms with Gasteiger partial charge in [0.1, 0.15) is 0 Å². The molecule has 0 amide bonds. The third-order valence-electron chi connectivity index (χ3n) is 4.80. The van der Waals surface area contributed by atoms with Crippen molar-refractivity contribution < 1.29 is 0 Å². The zero-order valence-corrected chi connectivity index (χ0v) is 13.8. The monoisotopic (exact) mass is 294 g/mol. The third-order valence-corrected chi connectivity index (χ3v) is 5.99. The molecule has 5 heteroatoms. The lowest BCUT2D eigenvalue weighted by molar-refractivity contribution is 0.266. The normalized spacial score (nSPS) is 30.1. The van der Waals surface area contributed by atoms with E-state index in [0.29, 0.717) is 18.0 Å². The first-order valence-corrected chi connectivity index (χ1v) is 8.50. The quantitative estimate of drug-likeness (QED) is 0.925. The van der Waals surface area contributed by atoms with Crippen molar-refractivity contribution >= 4 is 16.5 Å². The molecule has 0 saturated carbocycles. The zero-order chi connectivity index (χ0) is 14.3. The molecule has 4 nitrogen and oxygen atoms in total. The van der Waals surface area contributed by atoms with Crippen LogP contribution in [0.3, 0.4) is 0 Å². The Labute approximate surface area is 126 Å². The molecule has 20 heavy (non-hydrogen) atoms. The Morgan fingerprint density at radius 3 is 2.80 bits per heavy atom. The van der Waals surface area contributed by atoms with Crippen LogP contribution in [-0.4, -0.2) is 50.2 Å². The molecule has 0 spiro atoms. The lowest BCUT2D eigenvalue weighted by Gasteiger charge is -2.22. The van der Waals surface area contributed by atoms with Gasteiger partial charge in [0.15, 0.2) is 5.13 Å². The molecular weight excluding hydrogens is 268 g/mol. The largest absolute Gasteiger partial charge is 0.346 e. The van der Waals surface area contributed by atoms with Gasteiger partial charge in [0.25, 0.3) is 0 Å². The van der Waals surface area contributed by atoms with Gasteiger partial charge in [0.05, 0.1) is 11.7 Å².